The lowest BCUT2D eigenvalue weighted by atomic mass is 9.97. The van der Waals surface area contributed by atoms with Crippen LogP contribution in [0.5, 0.6) is 0 Å². The average Bonchev–Trinajstić information content (AvgIpc) is 3.71. The topological polar surface area (TPSA) is 89.1 Å². The summed E-state index contributed by atoms with van der Waals surface area (Å²) in [7, 11) is 1.85. The van der Waals surface area contributed by atoms with Gasteiger partial charge < -0.3 is 9.80 Å². The fraction of sp³-hybridized carbons (Fsp3) is 0.229. The Morgan fingerprint density at radius 1 is 0.955 bits per heavy atom. The zero-order valence-electron chi connectivity index (χ0n) is 25.0. The molecule has 0 unspecified atom stereocenters. The van der Waals surface area contributed by atoms with Gasteiger partial charge in [0.2, 0.25) is 11.8 Å². The summed E-state index contributed by atoms with van der Waals surface area (Å²) >= 11 is 0. The minimum absolute atomic E-state index is 0.0549. The molecule has 0 spiro atoms. The van der Waals surface area contributed by atoms with E-state index in [9.17, 15) is 9.59 Å². The van der Waals surface area contributed by atoms with Crippen molar-refractivity contribution in [3.05, 3.63) is 137 Å². The number of rotatable bonds is 9. The summed E-state index contributed by atoms with van der Waals surface area (Å²) in [6.07, 6.45) is 7.92. The second kappa shape index (κ2) is 12.9. The van der Waals surface area contributed by atoms with Crippen molar-refractivity contribution in [2.75, 3.05) is 6.54 Å². The summed E-state index contributed by atoms with van der Waals surface area (Å²) < 4.78 is 3.42. The molecule has 3 aromatic carbocycles. The van der Waals surface area contributed by atoms with E-state index in [2.05, 4.69) is 27.5 Å². The van der Waals surface area contributed by atoms with E-state index in [1.807, 2.05) is 91.7 Å². The van der Waals surface area contributed by atoms with Gasteiger partial charge in [-0.3, -0.25) is 14.3 Å². The SMILES string of the molecule is Cc1cc(C=CC(=O)N(Cc2ccc(-n3ccnn3)cc2)[C@@H](Cc2ccccc2)C(=O)N2CCc3ccccc3C2)n(C)n1. The largest absolute Gasteiger partial charge is 0.336 e. The van der Waals surface area contributed by atoms with Crippen LogP contribution < -0.4 is 0 Å². The van der Waals surface area contributed by atoms with Gasteiger partial charge in [-0.25, -0.2) is 4.68 Å². The predicted octanol–water partition coefficient (Wildman–Crippen LogP) is 4.55. The Bertz CT molecular complexity index is 1760. The van der Waals surface area contributed by atoms with Crippen LogP contribution >= 0.6 is 0 Å². The minimum Gasteiger partial charge on any atom is -0.336 e. The van der Waals surface area contributed by atoms with E-state index in [-0.39, 0.29) is 18.4 Å². The molecule has 0 saturated heterocycles. The van der Waals surface area contributed by atoms with Crippen LogP contribution in [0.25, 0.3) is 11.8 Å². The highest BCUT2D eigenvalue weighted by atomic mass is 16.2. The number of hydrogen-bond acceptors (Lipinski definition) is 5. The third-order valence-corrected chi connectivity index (χ3v) is 8.07. The van der Waals surface area contributed by atoms with Crippen LogP contribution in [-0.2, 0) is 42.6 Å². The maximum Gasteiger partial charge on any atom is 0.247 e. The van der Waals surface area contributed by atoms with Crippen molar-refractivity contribution in [1.82, 2.24) is 34.6 Å². The van der Waals surface area contributed by atoms with Crippen LogP contribution in [-0.4, -0.2) is 59.0 Å². The van der Waals surface area contributed by atoms with Gasteiger partial charge in [0.05, 0.1) is 29.5 Å². The monoisotopic (exact) mass is 585 g/mol. The molecule has 2 amide bonds. The first-order chi connectivity index (χ1) is 21.4. The lowest BCUT2D eigenvalue weighted by molar-refractivity contribution is -0.144. The number of carbonyl (C=O) groups is 2. The highest BCUT2D eigenvalue weighted by Crippen LogP contribution is 2.23. The van der Waals surface area contributed by atoms with E-state index >= 15 is 0 Å². The molecule has 2 aromatic heterocycles. The molecule has 6 rings (SSSR count). The summed E-state index contributed by atoms with van der Waals surface area (Å²) in [4.78, 5) is 32.2. The number of nitrogens with zero attached hydrogens (tertiary/aromatic N) is 7. The van der Waals surface area contributed by atoms with Gasteiger partial charge in [-0.1, -0.05) is 71.9 Å². The van der Waals surface area contributed by atoms with Crippen molar-refractivity contribution >= 4 is 17.9 Å². The number of benzene rings is 3. The van der Waals surface area contributed by atoms with Crippen molar-refractivity contribution in [3.8, 4) is 5.69 Å². The molecule has 1 aliphatic heterocycles. The Kier molecular flexibility index (Phi) is 8.45. The minimum atomic E-state index is -0.705. The molecule has 44 heavy (non-hydrogen) atoms. The molecule has 0 bridgehead atoms. The molecule has 0 N–H and O–H groups in total. The van der Waals surface area contributed by atoms with Crippen LogP contribution in [0.15, 0.2) is 103 Å². The van der Waals surface area contributed by atoms with Gasteiger partial charge in [0.25, 0.3) is 0 Å². The zero-order chi connectivity index (χ0) is 30.5. The first-order valence-corrected chi connectivity index (χ1v) is 14.8. The molecule has 1 aliphatic rings. The highest BCUT2D eigenvalue weighted by molar-refractivity contribution is 5.95. The zero-order valence-corrected chi connectivity index (χ0v) is 25.0. The Labute approximate surface area is 257 Å². The van der Waals surface area contributed by atoms with Crippen LogP contribution in [0.4, 0.5) is 0 Å². The number of fused-ring (bicyclic) bond motifs is 1. The molecule has 0 saturated carbocycles. The molecular formula is C35H35N7O2. The molecule has 3 heterocycles. The third-order valence-electron chi connectivity index (χ3n) is 8.07. The fourth-order valence-corrected chi connectivity index (χ4v) is 5.74. The van der Waals surface area contributed by atoms with E-state index in [1.165, 1.54) is 5.56 Å². The maximum atomic E-state index is 14.5. The van der Waals surface area contributed by atoms with Crippen molar-refractivity contribution in [1.29, 1.82) is 0 Å². The van der Waals surface area contributed by atoms with Gasteiger partial charge in [0, 0.05) is 39.2 Å². The van der Waals surface area contributed by atoms with E-state index in [0.717, 1.165) is 40.2 Å². The fourth-order valence-electron chi connectivity index (χ4n) is 5.74. The van der Waals surface area contributed by atoms with Crippen molar-refractivity contribution < 1.29 is 9.59 Å². The van der Waals surface area contributed by atoms with E-state index in [4.69, 9.17) is 0 Å². The second-order valence-electron chi connectivity index (χ2n) is 11.1. The summed E-state index contributed by atoms with van der Waals surface area (Å²) in [5.41, 5.74) is 6.86. The molecule has 1 atom stereocenters. The van der Waals surface area contributed by atoms with Crippen LogP contribution in [0.3, 0.4) is 0 Å². The standard InChI is InChI=1S/C35H35N7O2/c1-26-22-32(39(2)37-26)16-17-34(43)41(24-28-12-14-31(15-13-28)42-21-19-36-38-42)33(23-27-8-4-3-5-9-27)35(44)40-20-18-29-10-6-7-11-30(29)25-40/h3-17,19,21-22,33H,18,20,23-25H2,1-2H3/t33-/m0/s1. The smallest absolute Gasteiger partial charge is 0.247 e. The Hall–Kier alpha value is -5.31. The number of hydrogen-bond donors (Lipinski definition) is 0. The van der Waals surface area contributed by atoms with Gasteiger partial charge in [-0.15, -0.1) is 5.10 Å². The number of amides is 2. The first-order valence-electron chi connectivity index (χ1n) is 14.8. The molecule has 0 aliphatic carbocycles. The Balaban J connectivity index is 1.35. The summed E-state index contributed by atoms with van der Waals surface area (Å²) in [6, 6.07) is 27.2. The number of aryl methyl sites for hydroxylation is 2. The van der Waals surface area contributed by atoms with E-state index in [1.54, 1.807) is 38.8 Å². The van der Waals surface area contributed by atoms with Crippen molar-refractivity contribution in [2.45, 2.75) is 38.9 Å². The summed E-state index contributed by atoms with van der Waals surface area (Å²) in [5.74, 6) is -0.295. The molecular weight excluding hydrogens is 550 g/mol. The average molecular weight is 586 g/mol. The summed E-state index contributed by atoms with van der Waals surface area (Å²) in [6.45, 7) is 3.32. The normalized spacial score (nSPS) is 13.5. The predicted molar refractivity (Wildman–Crippen MR) is 168 cm³/mol. The Morgan fingerprint density at radius 2 is 1.70 bits per heavy atom. The molecule has 9 nitrogen and oxygen atoms in total. The molecule has 0 radical (unpaired) electrons. The van der Waals surface area contributed by atoms with E-state index < -0.39 is 6.04 Å². The Morgan fingerprint density at radius 3 is 2.41 bits per heavy atom. The van der Waals surface area contributed by atoms with Gasteiger partial charge in [-0.2, -0.15) is 5.10 Å². The first kappa shape index (κ1) is 28.8. The van der Waals surface area contributed by atoms with Crippen LogP contribution in [0.2, 0.25) is 0 Å². The molecule has 5 aromatic rings. The summed E-state index contributed by atoms with van der Waals surface area (Å²) in [5, 5.41) is 12.4. The lowest BCUT2D eigenvalue weighted by Gasteiger charge is -2.37. The highest BCUT2D eigenvalue weighted by Gasteiger charge is 2.34. The molecule has 222 valence electrons. The number of carbonyl (C=O) groups excluding carboxylic acids is 2. The quantitative estimate of drug-likeness (QED) is 0.237. The van der Waals surface area contributed by atoms with Crippen LogP contribution in [0, 0.1) is 6.92 Å². The number of aromatic nitrogens is 5. The van der Waals surface area contributed by atoms with Gasteiger partial charge in [0.15, 0.2) is 0 Å². The molecule has 9 heteroatoms. The van der Waals surface area contributed by atoms with Crippen molar-refractivity contribution in [3.63, 3.8) is 0 Å². The van der Waals surface area contributed by atoms with Crippen LogP contribution in [0.1, 0.15) is 33.6 Å². The maximum absolute atomic E-state index is 14.5. The van der Waals surface area contributed by atoms with E-state index in [0.29, 0.717) is 19.5 Å². The van der Waals surface area contributed by atoms with Crippen molar-refractivity contribution in [2.24, 2.45) is 7.05 Å². The molecule has 0 fully saturated rings. The van der Waals surface area contributed by atoms with Gasteiger partial charge in [0.1, 0.15) is 6.04 Å². The third kappa shape index (κ3) is 6.52. The van der Waals surface area contributed by atoms with Gasteiger partial charge >= 0.3 is 0 Å². The lowest BCUT2D eigenvalue weighted by Crippen LogP contribution is -2.52. The second-order valence-corrected chi connectivity index (χ2v) is 11.1. The van der Waals surface area contributed by atoms with Gasteiger partial charge in [-0.05, 0) is 59.9 Å².